The van der Waals surface area contributed by atoms with Gasteiger partial charge in [-0.25, -0.2) is 0 Å². The van der Waals surface area contributed by atoms with Crippen molar-refractivity contribution in [1.82, 2.24) is 9.80 Å². The number of nitro benzene ring substituents is 1. The summed E-state index contributed by atoms with van der Waals surface area (Å²) in [5.41, 5.74) is 0.879. The van der Waals surface area contributed by atoms with Gasteiger partial charge in [-0.3, -0.25) is 19.7 Å². The number of carbonyl (C=O) groups excluding carboxylic acids is 2. The molecule has 8 nitrogen and oxygen atoms in total. The predicted molar refractivity (Wildman–Crippen MR) is 121 cm³/mol. The lowest BCUT2D eigenvalue weighted by Crippen LogP contribution is -2.33. The van der Waals surface area contributed by atoms with Crippen molar-refractivity contribution in [3.63, 3.8) is 0 Å². The van der Waals surface area contributed by atoms with Crippen LogP contribution in [0.3, 0.4) is 0 Å². The predicted octanol–water partition coefficient (Wildman–Crippen LogP) is 3.75. The number of benzene rings is 2. The number of hydrogen-bond donors (Lipinski definition) is 1. The Labute approximate surface area is 186 Å². The minimum atomic E-state index is -0.812. The first-order valence-corrected chi connectivity index (χ1v) is 10.7. The van der Waals surface area contributed by atoms with Crippen molar-refractivity contribution in [3.8, 4) is 0 Å². The minimum Gasteiger partial charge on any atom is -0.507 e. The summed E-state index contributed by atoms with van der Waals surface area (Å²) >= 11 is 0. The van der Waals surface area contributed by atoms with Gasteiger partial charge in [0.05, 0.1) is 16.5 Å². The number of amides is 1. The molecule has 1 saturated heterocycles. The molecular weight excluding hydrogens is 410 g/mol. The van der Waals surface area contributed by atoms with E-state index in [2.05, 4.69) is 18.7 Å². The topological polar surface area (TPSA) is 104 Å². The fourth-order valence-corrected chi connectivity index (χ4v) is 3.99. The molecule has 1 atom stereocenters. The lowest BCUT2D eigenvalue weighted by atomic mass is 9.95. The summed E-state index contributed by atoms with van der Waals surface area (Å²) < 4.78 is 0. The van der Waals surface area contributed by atoms with Crippen LogP contribution in [0.25, 0.3) is 5.76 Å². The van der Waals surface area contributed by atoms with Crippen LogP contribution in [0.1, 0.15) is 37.4 Å². The molecule has 1 amide bonds. The highest BCUT2D eigenvalue weighted by Gasteiger charge is 2.45. The molecule has 0 aliphatic carbocycles. The minimum absolute atomic E-state index is 0.00195. The molecule has 8 heteroatoms. The van der Waals surface area contributed by atoms with Gasteiger partial charge in [0.1, 0.15) is 5.76 Å². The molecule has 0 radical (unpaired) electrons. The van der Waals surface area contributed by atoms with Crippen molar-refractivity contribution in [3.05, 3.63) is 81.4 Å². The van der Waals surface area contributed by atoms with Crippen LogP contribution >= 0.6 is 0 Å². The second kappa shape index (κ2) is 10.2. The molecule has 0 bridgehead atoms. The van der Waals surface area contributed by atoms with E-state index in [-0.39, 0.29) is 17.0 Å². The fraction of sp³-hybridized carbons (Fsp3) is 0.333. The lowest BCUT2D eigenvalue weighted by molar-refractivity contribution is -0.384. The van der Waals surface area contributed by atoms with E-state index in [4.69, 9.17) is 0 Å². The molecule has 2 aromatic carbocycles. The molecule has 1 heterocycles. The van der Waals surface area contributed by atoms with E-state index >= 15 is 0 Å². The number of aliphatic hydroxyl groups excluding tert-OH is 1. The van der Waals surface area contributed by atoms with Gasteiger partial charge in [0.2, 0.25) is 0 Å². The van der Waals surface area contributed by atoms with Crippen molar-refractivity contribution in [2.45, 2.75) is 26.3 Å². The second-order valence-corrected chi connectivity index (χ2v) is 7.59. The summed E-state index contributed by atoms with van der Waals surface area (Å²) in [5.74, 6) is -1.68. The number of rotatable bonds is 9. The first-order chi connectivity index (χ1) is 15.4. The molecule has 0 spiro atoms. The quantitative estimate of drug-likeness (QED) is 0.211. The van der Waals surface area contributed by atoms with E-state index in [0.29, 0.717) is 24.1 Å². The standard InChI is InChI=1S/C24H27N3O5/c1-3-25(4-2)15-8-16-26-21(17-11-13-19(14-12-17)27(31)32)20(23(29)24(26)30)22(28)18-9-6-5-7-10-18/h5-7,9-14,21,28H,3-4,8,15-16H2,1-2H3/b22-20+/t21-/m0/s1. The number of Topliss-reactive ketones (excluding diaryl/α,β-unsaturated/α-hetero) is 1. The zero-order valence-electron chi connectivity index (χ0n) is 18.2. The Morgan fingerprint density at radius 3 is 2.25 bits per heavy atom. The number of aliphatic hydroxyl groups is 1. The summed E-state index contributed by atoms with van der Waals surface area (Å²) in [5, 5.41) is 22.0. The lowest BCUT2D eigenvalue weighted by Gasteiger charge is -2.26. The summed E-state index contributed by atoms with van der Waals surface area (Å²) in [6.07, 6.45) is 0.656. The van der Waals surface area contributed by atoms with Crippen molar-refractivity contribution in [2.75, 3.05) is 26.2 Å². The molecule has 168 valence electrons. The number of hydrogen-bond acceptors (Lipinski definition) is 6. The number of non-ortho nitro benzene ring substituents is 1. The third kappa shape index (κ3) is 4.70. The smallest absolute Gasteiger partial charge is 0.295 e. The van der Waals surface area contributed by atoms with Crippen LogP contribution in [-0.2, 0) is 9.59 Å². The van der Waals surface area contributed by atoms with Gasteiger partial charge in [0, 0.05) is 24.2 Å². The summed E-state index contributed by atoms with van der Waals surface area (Å²) in [7, 11) is 0. The summed E-state index contributed by atoms with van der Waals surface area (Å²) in [6.45, 7) is 6.99. The largest absolute Gasteiger partial charge is 0.507 e. The maximum atomic E-state index is 13.0. The van der Waals surface area contributed by atoms with Crippen LogP contribution in [-0.4, -0.2) is 57.7 Å². The van der Waals surface area contributed by atoms with Crippen LogP contribution in [0.4, 0.5) is 5.69 Å². The van der Waals surface area contributed by atoms with E-state index in [1.807, 2.05) is 0 Å². The van der Waals surface area contributed by atoms with Gasteiger partial charge in [-0.2, -0.15) is 0 Å². The number of carbonyl (C=O) groups is 2. The van der Waals surface area contributed by atoms with Gasteiger partial charge in [0.25, 0.3) is 17.4 Å². The fourth-order valence-electron chi connectivity index (χ4n) is 3.99. The molecular formula is C24H27N3O5. The molecule has 2 aromatic rings. The molecule has 0 unspecified atom stereocenters. The van der Waals surface area contributed by atoms with Gasteiger partial charge >= 0.3 is 0 Å². The highest BCUT2D eigenvalue weighted by molar-refractivity contribution is 6.46. The van der Waals surface area contributed by atoms with Crippen molar-refractivity contribution < 1.29 is 19.6 Å². The SMILES string of the molecule is CCN(CC)CCCN1C(=O)C(=O)/C(=C(/O)c2ccccc2)[C@@H]1c1ccc([N+](=O)[O-])cc1. The Balaban J connectivity index is 2.02. The molecule has 1 aliphatic heterocycles. The zero-order valence-corrected chi connectivity index (χ0v) is 18.2. The third-order valence-corrected chi connectivity index (χ3v) is 5.77. The van der Waals surface area contributed by atoms with Gasteiger partial charge in [-0.05, 0) is 43.8 Å². The van der Waals surface area contributed by atoms with E-state index in [0.717, 1.165) is 19.6 Å². The van der Waals surface area contributed by atoms with Crippen LogP contribution in [0.5, 0.6) is 0 Å². The van der Waals surface area contributed by atoms with E-state index < -0.39 is 22.7 Å². The average Bonchev–Trinajstić information content (AvgIpc) is 3.07. The second-order valence-electron chi connectivity index (χ2n) is 7.59. The first kappa shape index (κ1) is 23.1. The molecule has 1 aliphatic rings. The van der Waals surface area contributed by atoms with Gasteiger partial charge in [0.15, 0.2) is 0 Å². The van der Waals surface area contributed by atoms with Crippen LogP contribution in [0.15, 0.2) is 60.2 Å². The number of nitro groups is 1. The highest BCUT2D eigenvalue weighted by atomic mass is 16.6. The Morgan fingerprint density at radius 2 is 1.69 bits per heavy atom. The molecule has 1 fully saturated rings. The Hall–Kier alpha value is -3.52. The van der Waals surface area contributed by atoms with Crippen LogP contribution in [0.2, 0.25) is 0 Å². The molecule has 0 saturated carbocycles. The van der Waals surface area contributed by atoms with Crippen molar-refractivity contribution >= 4 is 23.1 Å². The van der Waals surface area contributed by atoms with Gasteiger partial charge in [-0.15, -0.1) is 0 Å². The Bertz CT molecular complexity index is 1010. The maximum Gasteiger partial charge on any atom is 0.295 e. The normalized spacial score (nSPS) is 17.8. The monoisotopic (exact) mass is 437 g/mol. The van der Waals surface area contributed by atoms with Crippen LogP contribution in [0, 0.1) is 10.1 Å². The van der Waals surface area contributed by atoms with Crippen molar-refractivity contribution in [1.29, 1.82) is 0 Å². The molecule has 1 N–H and O–H groups in total. The van der Waals surface area contributed by atoms with E-state index in [1.165, 1.54) is 29.2 Å². The number of likely N-dealkylation sites (tertiary alicyclic amines) is 1. The molecule has 32 heavy (non-hydrogen) atoms. The Kier molecular flexibility index (Phi) is 7.37. The molecule has 0 aromatic heterocycles. The summed E-state index contributed by atoms with van der Waals surface area (Å²) in [4.78, 5) is 40.1. The van der Waals surface area contributed by atoms with Crippen molar-refractivity contribution in [2.24, 2.45) is 0 Å². The van der Waals surface area contributed by atoms with Crippen LogP contribution < -0.4 is 0 Å². The number of nitrogens with zero attached hydrogens (tertiary/aromatic N) is 3. The summed E-state index contributed by atoms with van der Waals surface area (Å²) in [6, 6.07) is 13.5. The third-order valence-electron chi connectivity index (χ3n) is 5.77. The average molecular weight is 437 g/mol. The Morgan fingerprint density at radius 1 is 1.06 bits per heavy atom. The van der Waals surface area contributed by atoms with Gasteiger partial charge in [-0.1, -0.05) is 44.2 Å². The van der Waals surface area contributed by atoms with E-state index in [1.54, 1.807) is 30.3 Å². The first-order valence-electron chi connectivity index (χ1n) is 10.7. The van der Waals surface area contributed by atoms with Gasteiger partial charge < -0.3 is 14.9 Å². The molecule has 3 rings (SSSR count). The maximum absolute atomic E-state index is 13.0. The number of ketones is 1. The van der Waals surface area contributed by atoms with E-state index in [9.17, 15) is 24.8 Å². The zero-order chi connectivity index (χ0) is 23.3. The highest BCUT2D eigenvalue weighted by Crippen LogP contribution is 2.39.